The van der Waals surface area contributed by atoms with Crippen LogP contribution in [0.4, 0.5) is 0 Å². The number of rotatable bonds is 2. The third-order valence-electron chi connectivity index (χ3n) is 0.843. The van der Waals surface area contributed by atoms with E-state index in [4.69, 9.17) is 0 Å². The minimum absolute atomic E-state index is 0. The van der Waals surface area contributed by atoms with Crippen LogP contribution in [0.25, 0.3) is 0 Å². The number of hydrogen-bond donors (Lipinski definition) is 0. The Kier molecular flexibility index (Phi) is 7.26. The first-order valence-corrected chi connectivity index (χ1v) is 3.41. The van der Waals surface area contributed by atoms with E-state index in [1.165, 1.54) is 7.11 Å². The maximum atomic E-state index is 10.5. The van der Waals surface area contributed by atoms with Crippen LogP contribution in [0.5, 0.6) is 0 Å². The molecule has 0 aliphatic carbocycles. The molecule has 0 atom stereocenters. The first-order valence-electron chi connectivity index (χ1n) is 3.41. The van der Waals surface area contributed by atoms with Crippen LogP contribution < -0.4 is 24.0 Å². The molecule has 0 amide bonds. The summed E-state index contributed by atoms with van der Waals surface area (Å²) in [7, 11) is 1.32. The second kappa shape index (κ2) is 6.16. The molecule has 0 fully saturated rings. The van der Waals surface area contributed by atoms with E-state index in [1.807, 2.05) is 20.8 Å². The van der Waals surface area contributed by atoms with Gasteiger partial charge in [-0.25, -0.2) is 0 Å². The molecule has 64 valence electrons. The molecule has 0 aliphatic heterocycles. The normalized spacial score (nSPS) is 12.8. The maximum Gasteiger partial charge on any atom is 1.00 e. The molecule has 0 unspecified atom stereocenters. The zero-order valence-electron chi connectivity index (χ0n) is 8.42. The van der Waals surface area contributed by atoms with Gasteiger partial charge in [-0.2, -0.15) is 0 Å². The number of methoxy groups -OCH3 is 1. The Morgan fingerprint density at radius 2 is 1.92 bits per heavy atom. The fourth-order valence-corrected chi connectivity index (χ4v) is 0.374. The van der Waals surface area contributed by atoms with Gasteiger partial charge in [0.1, 0.15) is 0 Å². The van der Waals surface area contributed by atoms with Gasteiger partial charge in [0.25, 0.3) is 0 Å². The summed E-state index contributed by atoms with van der Waals surface area (Å²) in [5, 5.41) is 10.5. The summed E-state index contributed by atoms with van der Waals surface area (Å²) < 4.78 is 4.36. The summed E-state index contributed by atoms with van der Waals surface area (Å²) in [6, 6.07) is 0. The van der Waals surface area contributed by atoms with E-state index in [1.54, 1.807) is 6.21 Å². The Hall–Kier alpha value is -0.393. The molecule has 0 aromatic carbocycles. The number of hydrogen-bond acceptors (Lipinski definition) is 3. The monoisotopic (exact) mass is 163 g/mol. The van der Waals surface area contributed by atoms with Gasteiger partial charge in [0.2, 0.25) is 0 Å². The molecule has 0 saturated carbocycles. The van der Waals surface area contributed by atoms with Gasteiger partial charge in [-0.1, -0.05) is 20.8 Å². The van der Waals surface area contributed by atoms with E-state index in [0.29, 0.717) is 0 Å². The standard InChI is InChI=1S/C8H15NO2.Li/c1-8(2,3)6-9-5-7(10)11-4;/h5-6,10H,1-4H3;/q;+1/p-1/b7-5-,9-6?;. The van der Waals surface area contributed by atoms with Crippen LogP contribution in [-0.4, -0.2) is 13.3 Å². The third kappa shape index (κ3) is 9.61. The molecule has 0 bridgehead atoms. The van der Waals surface area contributed by atoms with E-state index in [2.05, 4.69) is 9.73 Å². The summed E-state index contributed by atoms with van der Waals surface area (Å²) in [5.74, 6) is -0.425. The predicted molar refractivity (Wildman–Crippen MR) is 43.0 cm³/mol. The van der Waals surface area contributed by atoms with Crippen LogP contribution in [0.2, 0.25) is 0 Å². The fourth-order valence-electron chi connectivity index (χ4n) is 0.374. The molecule has 0 N–H and O–H groups in total. The molecule has 12 heavy (non-hydrogen) atoms. The first kappa shape index (κ1) is 14.1. The molecule has 0 spiro atoms. The van der Waals surface area contributed by atoms with E-state index in [-0.39, 0.29) is 24.3 Å². The van der Waals surface area contributed by atoms with Gasteiger partial charge in [-0.05, 0) is 12.5 Å². The van der Waals surface area contributed by atoms with Gasteiger partial charge in [0, 0.05) is 12.4 Å². The zero-order chi connectivity index (χ0) is 8.91. The summed E-state index contributed by atoms with van der Waals surface area (Å²) >= 11 is 0. The van der Waals surface area contributed by atoms with E-state index >= 15 is 0 Å². The first-order chi connectivity index (χ1) is 4.95. The fraction of sp³-hybridized carbons (Fsp3) is 0.625. The van der Waals surface area contributed by atoms with E-state index in [9.17, 15) is 5.11 Å². The Morgan fingerprint density at radius 1 is 1.42 bits per heavy atom. The quantitative estimate of drug-likeness (QED) is 0.266. The molecule has 0 aliphatic rings. The van der Waals surface area contributed by atoms with Crippen molar-refractivity contribution in [2.24, 2.45) is 10.4 Å². The molecule has 0 aromatic heterocycles. The van der Waals surface area contributed by atoms with Gasteiger partial charge >= 0.3 is 18.9 Å². The van der Waals surface area contributed by atoms with Crippen LogP contribution in [-0.2, 0) is 4.74 Å². The zero-order valence-corrected chi connectivity index (χ0v) is 8.42. The van der Waals surface area contributed by atoms with Crippen molar-refractivity contribution in [2.45, 2.75) is 20.8 Å². The van der Waals surface area contributed by atoms with Crippen molar-refractivity contribution in [3.8, 4) is 0 Å². The summed E-state index contributed by atoms with van der Waals surface area (Å²) in [5.41, 5.74) is 0.00449. The van der Waals surface area contributed by atoms with Gasteiger partial charge in [-0.3, -0.25) is 4.99 Å². The molecule has 0 radical (unpaired) electrons. The van der Waals surface area contributed by atoms with Crippen LogP contribution >= 0.6 is 0 Å². The molecule has 0 saturated heterocycles. The molecule has 4 heteroatoms. The maximum absolute atomic E-state index is 10.5. The predicted octanol–water partition coefficient (Wildman–Crippen LogP) is -2.09. The van der Waals surface area contributed by atoms with Gasteiger partial charge in [0.15, 0.2) is 0 Å². The van der Waals surface area contributed by atoms with Crippen molar-refractivity contribution in [3.05, 3.63) is 12.1 Å². The minimum Gasteiger partial charge on any atom is -0.616 e. The molecule has 0 aromatic rings. The average Bonchev–Trinajstić information content (AvgIpc) is 1.85. The van der Waals surface area contributed by atoms with Gasteiger partial charge in [0.05, 0.1) is 5.95 Å². The Labute approximate surface area is 85.7 Å². The molecular weight excluding hydrogens is 149 g/mol. The summed E-state index contributed by atoms with van der Waals surface area (Å²) in [6.07, 6.45) is 2.86. The van der Waals surface area contributed by atoms with Crippen LogP contribution in [0.3, 0.4) is 0 Å². The summed E-state index contributed by atoms with van der Waals surface area (Å²) in [4.78, 5) is 3.79. The molecule has 3 nitrogen and oxygen atoms in total. The van der Waals surface area contributed by atoms with Crippen molar-refractivity contribution in [2.75, 3.05) is 7.11 Å². The van der Waals surface area contributed by atoms with Crippen molar-refractivity contribution in [3.63, 3.8) is 0 Å². The van der Waals surface area contributed by atoms with Gasteiger partial charge in [-0.15, -0.1) is 0 Å². The van der Waals surface area contributed by atoms with Crippen LogP contribution in [0.15, 0.2) is 17.1 Å². The van der Waals surface area contributed by atoms with Crippen molar-refractivity contribution >= 4 is 6.21 Å². The van der Waals surface area contributed by atoms with Gasteiger partial charge < -0.3 is 9.84 Å². The molecule has 0 heterocycles. The van der Waals surface area contributed by atoms with Crippen molar-refractivity contribution in [1.82, 2.24) is 0 Å². The topological polar surface area (TPSA) is 44.6 Å². The molecular formula is C8H14LiNO2. The number of ether oxygens (including phenoxy) is 1. The number of nitrogens with zero attached hydrogens (tertiary/aromatic N) is 1. The Balaban J connectivity index is 0. The summed E-state index contributed by atoms with van der Waals surface area (Å²) in [6.45, 7) is 6.00. The van der Waals surface area contributed by atoms with E-state index in [0.717, 1.165) is 6.20 Å². The second-order valence-corrected chi connectivity index (χ2v) is 3.30. The third-order valence-corrected chi connectivity index (χ3v) is 0.843. The smallest absolute Gasteiger partial charge is 0.616 e. The minimum atomic E-state index is -0.425. The molecule has 0 rings (SSSR count). The Bertz CT molecular complexity index is 170. The van der Waals surface area contributed by atoms with E-state index < -0.39 is 5.95 Å². The number of aliphatic imine (C=N–C) groups is 1. The van der Waals surface area contributed by atoms with Crippen molar-refractivity contribution in [1.29, 1.82) is 0 Å². The largest absolute Gasteiger partial charge is 1.00 e. The Morgan fingerprint density at radius 3 is 2.25 bits per heavy atom. The van der Waals surface area contributed by atoms with Crippen LogP contribution in [0, 0.1) is 5.41 Å². The van der Waals surface area contributed by atoms with Crippen molar-refractivity contribution < 1.29 is 28.7 Å². The average molecular weight is 163 g/mol. The van der Waals surface area contributed by atoms with Crippen LogP contribution in [0.1, 0.15) is 20.8 Å². The second-order valence-electron chi connectivity index (χ2n) is 3.30. The SMILES string of the molecule is CO/C([O-])=C\N=CC(C)(C)C.[Li+].